The largest absolute Gasteiger partial charge is 0.378 e. The Balaban J connectivity index is 2.07. The molecule has 1 aromatic carbocycles. The van der Waals surface area contributed by atoms with Gasteiger partial charge >= 0.3 is 0 Å². The minimum absolute atomic E-state index is 0.694. The summed E-state index contributed by atoms with van der Waals surface area (Å²) in [5, 5.41) is 4.31. The van der Waals surface area contributed by atoms with Crippen molar-refractivity contribution in [1.29, 1.82) is 0 Å². The number of aromatic nitrogens is 1. The third-order valence-electron chi connectivity index (χ3n) is 2.15. The fourth-order valence-electron chi connectivity index (χ4n) is 1.32. The van der Waals surface area contributed by atoms with Crippen molar-refractivity contribution in [2.45, 2.75) is 13.5 Å². The van der Waals surface area contributed by atoms with Gasteiger partial charge in [0, 0.05) is 10.2 Å². The van der Waals surface area contributed by atoms with Crippen LogP contribution < -0.4 is 5.32 Å². The molecule has 2 nitrogen and oxygen atoms in total. The van der Waals surface area contributed by atoms with E-state index < -0.39 is 0 Å². The number of halogens is 2. The second-order valence-electron chi connectivity index (χ2n) is 3.35. The van der Waals surface area contributed by atoms with Crippen molar-refractivity contribution in [2.24, 2.45) is 0 Å². The maximum Gasteiger partial charge on any atom is 0.113 e. The molecule has 0 spiro atoms. The highest BCUT2D eigenvalue weighted by Gasteiger charge is 2.03. The third-order valence-corrected chi connectivity index (χ3v) is 4.31. The summed E-state index contributed by atoms with van der Waals surface area (Å²) in [6, 6.07) is 6.12. The molecular formula is C11H10BrClN2S. The molecule has 0 unspecified atom stereocenters. The van der Waals surface area contributed by atoms with E-state index in [-0.39, 0.29) is 0 Å². The molecule has 1 aromatic heterocycles. The van der Waals surface area contributed by atoms with Gasteiger partial charge in [-0.05, 0) is 34.5 Å². The maximum absolute atomic E-state index is 5.82. The summed E-state index contributed by atoms with van der Waals surface area (Å²) < 4.78 is 1.82. The van der Waals surface area contributed by atoms with Crippen LogP contribution in [0.2, 0.25) is 4.34 Å². The van der Waals surface area contributed by atoms with Crippen molar-refractivity contribution in [2.75, 3.05) is 5.32 Å². The van der Waals surface area contributed by atoms with Crippen LogP contribution in [0.3, 0.4) is 0 Å². The van der Waals surface area contributed by atoms with Crippen LogP contribution in [0.15, 0.2) is 28.9 Å². The first-order valence-corrected chi connectivity index (χ1v) is 6.75. The molecule has 0 fully saturated rings. The van der Waals surface area contributed by atoms with E-state index in [0.29, 0.717) is 6.54 Å². The van der Waals surface area contributed by atoms with Crippen molar-refractivity contribution >= 4 is 44.6 Å². The van der Waals surface area contributed by atoms with Gasteiger partial charge in [-0.3, -0.25) is 0 Å². The zero-order valence-corrected chi connectivity index (χ0v) is 11.8. The molecule has 5 heteroatoms. The Bertz CT molecular complexity index is 498. The highest BCUT2D eigenvalue weighted by molar-refractivity contribution is 9.10. The molecule has 0 aliphatic heterocycles. The Hall–Kier alpha value is -0.580. The minimum Gasteiger partial charge on any atom is -0.378 e. The van der Waals surface area contributed by atoms with Gasteiger partial charge in [-0.25, -0.2) is 4.98 Å². The van der Waals surface area contributed by atoms with Crippen molar-refractivity contribution in [1.82, 2.24) is 4.98 Å². The Morgan fingerprint density at radius 3 is 3.00 bits per heavy atom. The first kappa shape index (κ1) is 11.9. The summed E-state index contributed by atoms with van der Waals surface area (Å²) >= 11 is 10.9. The second-order valence-corrected chi connectivity index (χ2v) is 5.89. The summed E-state index contributed by atoms with van der Waals surface area (Å²) in [5.74, 6) is 0. The van der Waals surface area contributed by atoms with Gasteiger partial charge < -0.3 is 5.32 Å². The smallest absolute Gasteiger partial charge is 0.113 e. The van der Waals surface area contributed by atoms with Gasteiger partial charge in [-0.2, -0.15) is 0 Å². The van der Waals surface area contributed by atoms with Crippen LogP contribution in [0.25, 0.3) is 0 Å². The lowest BCUT2D eigenvalue weighted by molar-refractivity contribution is 1.10. The van der Waals surface area contributed by atoms with Crippen molar-refractivity contribution in [3.05, 3.63) is 43.8 Å². The average molecular weight is 318 g/mol. The molecule has 0 saturated heterocycles. The Morgan fingerprint density at radius 2 is 2.31 bits per heavy atom. The molecule has 0 amide bonds. The van der Waals surface area contributed by atoms with E-state index in [4.69, 9.17) is 11.6 Å². The Kier molecular flexibility index (Phi) is 3.84. The highest BCUT2D eigenvalue weighted by Crippen LogP contribution is 2.27. The van der Waals surface area contributed by atoms with Gasteiger partial charge in [-0.15, -0.1) is 11.3 Å². The monoisotopic (exact) mass is 316 g/mol. The van der Waals surface area contributed by atoms with E-state index in [1.54, 1.807) is 6.20 Å². The standard InChI is InChI=1S/C11H10BrClN2S/c1-7-3-2-4-8(11(7)12)14-6-10-15-5-9(13)16-10/h2-5,14H,6H2,1H3. The lowest BCUT2D eigenvalue weighted by atomic mass is 10.2. The molecule has 0 aliphatic carbocycles. The molecule has 2 rings (SSSR count). The van der Waals surface area contributed by atoms with Crippen molar-refractivity contribution in [3.8, 4) is 0 Å². The predicted molar refractivity (Wildman–Crippen MR) is 73.3 cm³/mol. The van der Waals surface area contributed by atoms with E-state index in [9.17, 15) is 0 Å². The third kappa shape index (κ3) is 2.75. The number of hydrogen-bond acceptors (Lipinski definition) is 3. The number of benzene rings is 1. The lowest BCUT2D eigenvalue weighted by Crippen LogP contribution is -1.99. The maximum atomic E-state index is 5.82. The number of rotatable bonds is 3. The Labute approximate surface area is 112 Å². The number of nitrogens with one attached hydrogen (secondary N) is 1. The fraction of sp³-hybridized carbons (Fsp3) is 0.182. The van der Waals surface area contributed by atoms with E-state index in [0.717, 1.165) is 19.5 Å². The van der Waals surface area contributed by atoms with Crippen LogP contribution in [-0.2, 0) is 6.54 Å². The molecular weight excluding hydrogens is 308 g/mol. The van der Waals surface area contributed by atoms with Crippen LogP contribution in [0.5, 0.6) is 0 Å². The van der Waals surface area contributed by atoms with Gasteiger partial charge in [-0.1, -0.05) is 23.7 Å². The molecule has 0 bridgehead atoms. The van der Waals surface area contributed by atoms with E-state index in [1.807, 2.05) is 12.1 Å². The molecule has 84 valence electrons. The topological polar surface area (TPSA) is 24.9 Å². The number of nitrogens with zero attached hydrogens (tertiary/aromatic N) is 1. The fourth-order valence-corrected chi connectivity index (χ4v) is 2.63. The average Bonchev–Trinajstić information content (AvgIpc) is 2.67. The van der Waals surface area contributed by atoms with Crippen LogP contribution in [0, 0.1) is 6.92 Å². The highest BCUT2D eigenvalue weighted by atomic mass is 79.9. The van der Waals surface area contributed by atoms with Crippen molar-refractivity contribution in [3.63, 3.8) is 0 Å². The molecule has 0 saturated carbocycles. The normalized spacial score (nSPS) is 10.4. The van der Waals surface area contributed by atoms with Gasteiger partial charge in [0.25, 0.3) is 0 Å². The molecule has 0 radical (unpaired) electrons. The number of hydrogen-bond donors (Lipinski definition) is 1. The lowest BCUT2D eigenvalue weighted by Gasteiger charge is -2.08. The SMILES string of the molecule is Cc1cccc(NCc2ncc(Cl)s2)c1Br. The zero-order valence-electron chi connectivity index (χ0n) is 8.63. The summed E-state index contributed by atoms with van der Waals surface area (Å²) in [6.07, 6.45) is 1.68. The summed E-state index contributed by atoms with van der Waals surface area (Å²) in [4.78, 5) is 4.19. The molecule has 1 N–H and O–H groups in total. The van der Waals surface area contributed by atoms with E-state index in [1.165, 1.54) is 16.9 Å². The van der Waals surface area contributed by atoms with E-state index >= 15 is 0 Å². The minimum atomic E-state index is 0.694. The van der Waals surface area contributed by atoms with Gasteiger partial charge in [0.2, 0.25) is 0 Å². The quantitative estimate of drug-likeness (QED) is 0.903. The van der Waals surface area contributed by atoms with E-state index in [2.05, 4.69) is 39.2 Å². The summed E-state index contributed by atoms with van der Waals surface area (Å²) in [6.45, 7) is 2.76. The zero-order chi connectivity index (χ0) is 11.5. The van der Waals surface area contributed by atoms with Crippen LogP contribution in [0.4, 0.5) is 5.69 Å². The molecule has 0 aliphatic rings. The predicted octanol–water partition coefficient (Wildman–Crippen LogP) is 4.48. The molecule has 0 atom stereocenters. The number of anilines is 1. The molecule has 1 heterocycles. The number of aryl methyl sites for hydroxylation is 1. The van der Waals surface area contributed by atoms with Gasteiger partial charge in [0.1, 0.15) is 9.34 Å². The summed E-state index contributed by atoms with van der Waals surface area (Å²) in [7, 11) is 0. The first-order chi connectivity index (χ1) is 7.66. The summed E-state index contributed by atoms with van der Waals surface area (Å²) in [5.41, 5.74) is 2.29. The molecule has 2 aromatic rings. The van der Waals surface area contributed by atoms with Crippen molar-refractivity contribution < 1.29 is 0 Å². The van der Waals surface area contributed by atoms with Gasteiger partial charge in [0.05, 0.1) is 12.7 Å². The first-order valence-electron chi connectivity index (χ1n) is 4.76. The van der Waals surface area contributed by atoms with Crippen LogP contribution in [-0.4, -0.2) is 4.98 Å². The van der Waals surface area contributed by atoms with Gasteiger partial charge in [0.15, 0.2) is 0 Å². The van der Waals surface area contributed by atoms with Crippen LogP contribution >= 0.6 is 38.9 Å². The Morgan fingerprint density at radius 1 is 1.50 bits per heavy atom. The molecule has 16 heavy (non-hydrogen) atoms. The van der Waals surface area contributed by atoms with Crippen LogP contribution in [0.1, 0.15) is 10.6 Å². The number of thiazole rings is 1. The second kappa shape index (κ2) is 5.17.